The topological polar surface area (TPSA) is 97.4 Å². The molecule has 2 heterocycles. The molecule has 0 fully saturated rings. The maximum Gasteiger partial charge on any atom is 0.338 e. The van der Waals surface area contributed by atoms with Gasteiger partial charge >= 0.3 is 5.97 Å². The van der Waals surface area contributed by atoms with Crippen molar-refractivity contribution in [1.82, 2.24) is 4.98 Å². The van der Waals surface area contributed by atoms with Crippen molar-refractivity contribution in [1.29, 1.82) is 0 Å². The monoisotopic (exact) mass is 429 g/mol. The molecule has 2 amide bonds. The number of anilines is 2. The summed E-state index contributed by atoms with van der Waals surface area (Å²) in [5, 5.41) is 9.60. The van der Waals surface area contributed by atoms with Gasteiger partial charge < -0.3 is 15.4 Å². The fourth-order valence-electron chi connectivity index (χ4n) is 2.49. The van der Waals surface area contributed by atoms with Crippen molar-refractivity contribution in [3.8, 4) is 0 Å². The number of hydrogen-bond donors (Lipinski definition) is 2. The minimum atomic E-state index is -0.439. The summed E-state index contributed by atoms with van der Waals surface area (Å²) in [5.41, 5.74) is 1.43. The Morgan fingerprint density at radius 1 is 1.03 bits per heavy atom. The number of nitrogens with zero attached hydrogens (tertiary/aromatic N) is 1. The first kappa shape index (κ1) is 20.7. The molecule has 29 heavy (non-hydrogen) atoms. The molecule has 150 valence electrons. The number of carbonyl (C=O) groups excluding carboxylic acids is 3. The SMILES string of the molecule is CCOC(=O)c1cccc(NC(=O)Cc2csc(NC(=O)Cc3cccs3)n2)c1. The highest BCUT2D eigenvalue weighted by molar-refractivity contribution is 7.14. The Balaban J connectivity index is 1.53. The molecule has 3 aromatic rings. The van der Waals surface area contributed by atoms with Crippen LogP contribution in [0.2, 0.25) is 0 Å². The molecule has 0 bridgehead atoms. The summed E-state index contributed by atoms with van der Waals surface area (Å²) in [6, 6.07) is 10.4. The number of nitrogens with one attached hydrogen (secondary N) is 2. The highest BCUT2D eigenvalue weighted by Gasteiger charge is 2.12. The molecule has 3 rings (SSSR count). The van der Waals surface area contributed by atoms with Crippen LogP contribution in [-0.2, 0) is 27.2 Å². The van der Waals surface area contributed by atoms with E-state index in [2.05, 4.69) is 15.6 Å². The van der Waals surface area contributed by atoms with E-state index in [1.54, 1.807) is 36.6 Å². The Morgan fingerprint density at radius 2 is 1.86 bits per heavy atom. The van der Waals surface area contributed by atoms with Gasteiger partial charge in [-0.3, -0.25) is 9.59 Å². The van der Waals surface area contributed by atoms with E-state index in [4.69, 9.17) is 4.74 Å². The molecule has 2 N–H and O–H groups in total. The Morgan fingerprint density at radius 3 is 2.62 bits per heavy atom. The fraction of sp³-hybridized carbons (Fsp3) is 0.200. The second-order valence-electron chi connectivity index (χ2n) is 5.97. The van der Waals surface area contributed by atoms with Crippen LogP contribution in [0.1, 0.15) is 27.9 Å². The van der Waals surface area contributed by atoms with Crippen LogP contribution in [0.15, 0.2) is 47.2 Å². The van der Waals surface area contributed by atoms with Crippen LogP contribution in [-0.4, -0.2) is 29.4 Å². The molecule has 0 aliphatic heterocycles. The predicted octanol–water partition coefficient (Wildman–Crippen LogP) is 3.74. The van der Waals surface area contributed by atoms with Crippen LogP contribution in [0.5, 0.6) is 0 Å². The van der Waals surface area contributed by atoms with E-state index in [1.807, 2.05) is 17.5 Å². The first-order valence-corrected chi connectivity index (χ1v) is 10.6. The van der Waals surface area contributed by atoms with Gasteiger partial charge in [-0.15, -0.1) is 22.7 Å². The molecule has 2 aromatic heterocycles. The number of hydrogen-bond acceptors (Lipinski definition) is 7. The quantitative estimate of drug-likeness (QED) is 0.532. The minimum Gasteiger partial charge on any atom is -0.462 e. The summed E-state index contributed by atoms with van der Waals surface area (Å²) in [4.78, 5) is 41.4. The van der Waals surface area contributed by atoms with Gasteiger partial charge in [-0.1, -0.05) is 12.1 Å². The third-order valence-corrected chi connectivity index (χ3v) is 5.40. The van der Waals surface area contributed by atoms with Crippen molar-refractivity contribution in [2.45, 2.75) is 19.8 Å². The van der Waals surface area contributed by atoms with E-state index < -0.39 is 5.97 Å². The molecular weight excluding hydrogens is 410 g/mol. The molecule has 0 saturated heterocycles. The third-order valence-electron chi connectivity index (χ3n) is 3.71. The van der Waals surface area contributed by atoms with Gasteiger partial charge in [0.25, 0.3) is 0 Å². The first-order valence-electron chi connectivity index (χ1n) is 8.87. The first-order chi connectivity index (χ1) is 14.0. The van der Waals surface area contributed by atoms with Crippen molar-refractivity contribution in [2.75, 3.05) is 17.2 Å². The summed E-state index contributed by atoms with van der Waals surface area (Å²) in [6.45, 7) is 2.02. The fourth-order valence-corrected chi connectivity index (χ4v) is 3.92. The lowest BCUT2D eigenvalue weighted by atomic mass is 10.2. The number of carbonyl (C=O) groups is 3. The van der Waals surface area contributed by atoms with Crippen LogP contribution in [0.4, 0.5) is 10.8 Å². The van der Waals surface area contributed by atoms with Crippen LogP contribution in [0.25, 0.3) is 0 Å². The number of benzene rings is 1. The highest BCUT2D eigenvalue weighted by Crippen LogP contribution is 2.18. The van der Waals surface area contributed by atoms with Gasteiger partial charge in [0, 0.05) is 15.9 Å². The van der Waals surface area contributed by atoms with E-state index in [0.717, 1.165) is 4.88 Å². The number of ether oxygens (including phenoxy) is 1. The number of thiophene rings is 1. The lowest BCUT2D eigenvalue weighted by molar-refractivity contribution is -0.116. The van der Waals surface area contributed by atoms with Crippen LogP contribution in [0, 0.1) is 0 Å². The summed E-state index contributed by atoms with van der Waals surface area (Å²) < 4.78 is 4.96. The molecular formula is C20H19N3O4S2. The Hall–Kier alpha value is -3.04. The second kappa shape index (κ2) is 9.94. The summed E-state index contributed by atoms with van der Waals surface area (Å²) in [6.07, 6.45) is 0.352. The van der Waals surface area contributed by atoms with Crippen LogP contribution in [0.3, 0.4) is 0 Å². The molecule has 0 unspecified atom stereocenters. The van der Waals surface area contributed by atoms with Gasteiger partial charge in [0.05, 0.1) is 30.7 Å². The van der Waals surface area contributed by atoms with Crippen molar-refractivity contribution >= 4 is 51.3 Å². The van der Waals surface area contributed by atoms with Gasteiger partial charge in [0.1, 0.15) is 0 Å². The van der Waals surface area contributed by atoms with Crippen molar-refractivity contribution in [2.24, 2.45) is 0 Å². The summed E-state index contributed by atoms with van der Waals surface area (Å²) >= 11 is 2.79. The zero-order valence-electron chi connectivity index (χ0n) is 15.6. The molecule has 0 saturated carbocycles. The molecule has 7 nitrogen and oxygen atoms in total. The van der Waals surface area contributed by atoms with Crippen molar-refractivity contribution in [3.05, 3.63) is 63.3 Å². The van der Waals surface area contributed by atoms with Gasteiger partial charge in [0.2, 0.25) is 11.8 Å². The Kier molecular flexibility index (Phi) is 7.09. The van der Waals surface area contributed by atoms with Crippen LogP contribution >= 0.6 is 22.7 Å². The van der Waals surface area contributed by atoms with E-state index in [1.165, 1.54) is 22.7 Å². The van der Waals surface area contributed by atoms with E-state index >= 15 is 0 Å². The molecule has 1 aromatic carbocycles. The normalized spacial score (nSPS) is 10.4. The average Bonchev–Trinajstić information content (AvgIpc) is 3.34. The summed E-state index contributed by atoms with van der Waals surface area (Å²) in [5.74, 6) is -0.854. The number of aromatic nitrogens is 1. The van der Waals surface area contributed by atoms with E-state index in [9.17, 15) is 14.4 Å². The van der Waals surface area contributed by atoms with Gasteiger partial charge in [0.15, 0.2) is 5.13 Å². The van der Waals surface area contributed by atoms with Crippen molar-refractivity contribution in [3.63, 3.8) is 0 Å². The Bertz CT molecular complexity index is 999. The van der Waals surface area contributed by atoms with E-state index in [0.29, 0.717) is 28.5 Å². The predicted molar refractivity (Wildman–Crippen MR) is 113 cm³/mol. The molecule has 0 aliphatic carbocycles. The van der Waals surface area contributed by atoms with Gasteiger partial charge in [-0.25, -0.2) is 9.78 Å². The highest BCUT2D eigenvalue weighted by atomic mass is 32.1. The molecule has 9 heteroatoms. The zero-order chi connectivity index (χ0) is 20.6. The van der Waals surface area contributed by atoms with Gasteiger partial charge in [-0.05, 0) is 36.6 Å². The standard InChI is InChI=1S/C20H19N3O4S2/c1-2-27-19(26)13-5-3-6-14(9-13)21-17(24)10-15-12-29-20(22-15)23-18(25)11-16-7-4-8-28-16/h3-9,12H,2,10-11H2,1H3,(H,21,24)(H,22,23,25). The molecule has 0 radical (unpaired) electrons. The maximum atomic E-state index is 12.3. The molecule has 0 atom stereocenters. The maximum absolute atomic E-state index is 12.3. The zero-order valence-corrected chi connectivity index (χ0v) is 17.3. The third kappa shape index (κ3) is 6.23. The summed E-state index contributed by atoms with van der Waals surface area (Å²) in [7, 11) is 0. The average molecular weight is 430 g/mol. The lowest BCUT2D eigenvalue weighted by Crippen LogP contribution is -2.16. The largest absolute Gasteiger partial charge is 0.462 e. The minimum absolute atomic E-state index is 0.0565. The number of amides is 2. The number of esters is 1. The molecule has 0 spiro atoms. The number of thiazole rings is 1. The Labute approximate surface area is 175 Å². The lowest BCUT2D eigenvalue weighted by Gasteiger charge is -2.06. The van der Waals surface area contributed by atoms with Crippen molar-refractivity contribution < 1.29 is 19.1 Å². The second-order valence-corrected chi connectivity index (χ2v) is 7.86. The van der Waals surface area contributed by atoms with E-state index in [-0.39, 0.29) is 24.8 Å². The number of rotatable bonds is 8. The molecule has 0 aliphatic rings. The smallest absolute Gasteiger partial charge is 0.338 e. The van der Waals surface area contributed by atoms with Gasteiger partial charge in [-0.2, -0.15) is 0 Å². The van der Waals surface area contributed by atoms with Crippen LogP contribution < -0.4 is 10.6 Å².